The molecule has 0 aliphatic heterocycles. The third-order valence-corrected chi connectivity index (χ3v) is 3.22. The maximum atomic E-state index is 11.5. The zero-order chi connectivity index (χ0) is 14.8. The fourth-order valence-corrected chi connectivity index (χ4v) is 2.27. The molecule has 0 unspecified atom stereocenters. The van der Waals surface area contributed by atoms with Crippen LogP contribution in [0.5, 0.6) is 17.2 Å². The molecule has 0 saturated carbocycles. The van der Waals surface area contributed by atoms with Crippen LogP contribution >= 0.6 is 0 Å². The van der Waals surface area contributed by atoms with Crippen LogP contribution in [0.4, 0.5) is 0 Å². The van der Waals surface area contributed by atoms with Crippen molar-refractivity contribution >= 4 is 16.0 Å². The number of hydrogen-bond acceptors (Lipinski definition) is 6. The van der Waals surface area contributed by atoms with Crippen LogP contribution in [0.1, 0.15) is 10.4 Å². The zero-order valence-corrected chi connectivity index (χ0v) is 11.3. The summed E-state index contributed by atoms with van der Waals surface area (Å²) >= 11 is 0. The van der Waals surface area contributed by atoms with Gasteiger partial charge in [-0.3, -0.25) is 0 Å². The molecule has 0 aromatic heterocycles. The maximum Gasteiger partial charge on any atom is 0.339 e. The molecule has 8 nitrogen and oxygen atoms in total. The Morgan fingerprint density at radius 3 is 1.89 bits per heavy atom. The van der Waals surface area contributed by atoms with E-state index in [1.807, 2.05) is 0 Å². The predicted molar refractivity (Wildman–Crippen MR) is 64.4 cm³/mol. The lowest BCUT2D eigenvalue weighted by Gasteiger charge is -2.16. The lowest BCUT2D eigenvalue weighted by Crippen LogP contribution is -2.16. The molecule has 0 spiro atoms. The molecule has 0 bridgehead atoms. The summed E-state index contributed by atoms with van der Waals surface area (Å²) in [6, 6.07) is 0.859. The van der Waals surface area contributed by atoms with E-state index in [9.17, 15) is 13.2 Å². The number of ether oxygens (including phenoxy) is 3. The molecule has 1 aromatic carbocycles. The Labute approximate surface area is 109 Å². The Morgan fingerprint density at radius 1 is 1.11 bits per heavy atom. The number of carboxylic acid groups (broad SMARTS) is 1. The Kier molecular flexibility index (Phi) is 4.22. The first kappa shape index (κ1) is 15.1. The summed E-state index contributed by atoms with van der Waals surface area (Å²) in [4.78, 5) is 10.6. The molecule has 1 rings (SSSR count). The minimum Gasteiger partial charge on any atom is -0.492 e. The number of aromatic carboxylic acids is 1. The molecule has 1 aromatic rings. The monoisotopic (exact) mass is 291 g/mol. The number of hydrogen-bond donors (Lipinski definition) is 2. The van der Waals surface area contributed by atoms with Crippen LogP contribution < -0.4 is 19.3 Å². The quantitative estimate of drug-likeness (QED) is 0.785. The summed E-state index contributed by atoms with van der Waals surface area (Å²) in [5, 5.41) is 14.1. The largest absolute Gasteiger partial charge is 0.492 e. The van der Waals surface area contributed by atoms with Crippen molar-refractivity contribution in [2.45, 2.75) is 4.90 Å². The van der Waals surface area contributed by atoms with Crippen LogP contribution in [0.3, 0.4) is 0 Å². The summed E-state index contributed by atoms with van der Waals surface area (Å²) in [5.41, 5.74) is -0.399. The van der Waals surface area contributed by atoms with E-state index in [1.54, 1.807) is 0 Å². The van der Waals surface area contributed by atoms with Gasteiger partial charge < -0.3 is 19.3 Å². The number of benzene rings is 1. The topological polar surface area (TPSA) is 125 Å². The normalized spacial score (nSPS) is 10.9. The van der Waals surface area contributed by atoms with Gasteiger partial charge in [-0.05, 0) is 6.07 Å². The summed E-state index contributed by atoms with van der Waals surface area (Å²) in [6.45, 7) is 0. The smallest absolute Gasteiger partial charge is 0.339 e. The van der Waals surface area contributed by atoms with Crippen LogP contribution in [-0.4, -0.2) is 40.8 Å². The van der Waals surface area contributed by atoms with Crippen LogP contribution in [0.2, 0.25) is 0 Å². The van der Waals surface area contributed by atoms with Crippen LogP contribution in [-0.2, 0) is 10.0 Å². The van der Waals surface area contributed by atoms with Gasteiger partial charge in [0.05, 0.1) is 21.3 Å². The third kappa shape index (κ3) is 2.71. The first-order chi connectivity index (χ1) is 8.77. The molecule has 0 fully saturated rings. The van der Waals surface area contributed by atoms with Gasteiger partial charge in [-0.1, -0.05) is 0 Å². The van der Waals surface area contributed by atoms with Crippen molar-refractivity contribution < 1.29 is 32.5 Å². The Hall–Kier alpha value is -2.00. The minimum absolute atomic E-state index is 0.153. The highest BCUT2D eigenvalue weighted by Gasteiger charge is 2.28. The van der Waals surface area contributed by atoms with Crippen molar-refractivity contribution in [2.24, 2.45) is 5.14 Å². The highest BCUT2D eigenvalue weighted by molar-refractivity contribution is 7.89. The van der Waals surface area contributed by atoms with Gasteiger partial charge in [0.25, 0.3) is 0 Å². The summed E-state index contributed by atoms with van der Waals surface area (Å²) in [7, 11) is -0.539. The molecule has 0 radical (unpaired) electrons. The third-order valence-electron chi connectivity index (χ3n) is 2.31. The molecular formula is C10H13NO7S. The van der Waals surface area contributed by atoms with Gasteiger partial charge in [-0.2, -0.15) is 0 Å². The van der Waals surface area contributed by atoms with E-state index in [0.717, 1.165) is 6.07 Å². The molecule has 3 N–H and O–H groups in total. The molecule has 0 aliphatic rings. The van der Waals surface area contributed by atoms with Gasteiger partial charge in [-0.25, -0.2) is 18.4 Å². The van der Waals surface area contributed by atoms with E-state index in [0.29, 0.717) is 0 Å². The highest BCUT2D eigenvalue weighted by atomic mass is 32.2. The lowest BCUT2D eigenvalue weighted by atomic mass is 10.1. The van der Waals surface area contributed by atoms with E-state index in [2.05, 4.69) is 0 Å². The van der Waals surface area contributed by atoms with E-state index >= 15 is 0 Å². The van der Waals surface area contributed by atoms with E-state index in [-0.39, 0.29) is 17.2 Å². The van der Waals surface area contributed by atoms with Gasteiger partial charge in [-0.15, -0.1) is 0 Å². The fraction of sp³-hybridized carbons (Fsp3) is 0.300. The second-order valence-corrected chi connectivity index (χ2v) is 4.90. The maximum absolute atomic E-state index is 11.5. The van der Waals surface area contributed by atoms with E-state index in [1.165, 1.54) is 21.3 Å². The number of nitrogens with two attached hydrogens (primary N) is 1. The molecule has 0 saturated heterocycles. The van der Waals surface area contributed by atoms with Crippen molar-refractivity contribution in [3.63, 3.8) is 0 Å². The second kappa shape index (κ2) is 5.33. The highest BCUT2D eigenvalue weighted by Crippen LogP contribution is 2.44. The first-order valence-corrected chi connectivity index (χ1v) is 6.41. The van der Waals surface area contributed by atoms with Crippen LogP contribution in [0.25, 0.3) is 0 Å². The van der Waals surface area contributed by atoms with Crippen molar-refractivity contribution in [2.75, 3.05) is 21.3 Å². The Morgan fingerprint density at radius 2 is 1.58 bits per heavy atom. The van der Waals surface area contributed by atoms with Crippen LogP contribution in [0, 0.1) is 0 Å². The van der Waals surface area contributed by atoms with Crippen molar-refractivity contribution in [3.05, 3.63) is 11.6 Å². The molecular weight excluding hydrogens is 278 g/mol. The fourth-order valence-electron chi connectivity index (χ4n) is 1.55. The summed E-state index contributed by atoms with van der Waals surface area (Å²) in [5.74, 6) is -1.91. The van der Waals surface area contributed by atoms with Crippen molar-refractivity contribution in [1.82, 2.24) is 0 Å². The van der Waals surface area contributed by atoms with Gasteiger partial charge in [0.2, 0.25) is 15.8 Å². The van der Waals surface area contributed by atoms with E-state index < -0.39 is 26.5 Å². The molecule has 9 heteroatoms. The summed E-state index contributed by atoms with van der Waals surface area (Å²) in [6.07, 6.45) is 0. The average Bonchev–Trinajstić information content (AvgIpc) is 2.34. The minimum atomic E-state index is -4.18. The molecule has 0 heterocycles. The van der Waals surface area contributed by atoms with Gasteiger partial charge in [0, 0.05) is 0 Å². The second-order valence-electron chi connectivity index (χ2n) is 3.37. The van der Waals surface area contributed by atoms with Crippen LogP contribution in [0.15, 0.2) is 11.0 Å². The van der Waals surface area contributed by atoms with Gasteiger partial charge in [0.15, 0.2) is 11.5 Å². The molecule has 19 heavy (non-hydrogen) atoms. The number of sulfonamides is 1. The number of rotatable bonds is 5. The van der Waals surface area contributed by atoms with E-state index in [4.69, 9.17) is 24.5 Å². The molecule has 0 aliphatic carbocycles. The number of methoxy groups -OCH3 is 3. The number of primary sulfonamides is 1. The SMILES string of the molecule is COc1c(C(=O)O)cc(S(N)(=O)=O)c(OC)c1OC. The summed E-state index contributed by atoms with van der Waals surface area (Å²) < 4.78 is 37.7. The number of carboxylic acids is 1. The zero-order valence-electron chi connectivity index (χ0n) is 10.5. The predicted octanol–water partition coefficient (Wildman–Crippen LogP) is 0.0580. The molecule has 106 valence electrons. The number of carbonyl (C=O) groups is 1. The lowest BCUT2D eigenvalue weighted by molar-refractivity contribution is 0.0692. The standard InChI is InChI=1S/C10H13NO7S/c1-16-7-5(10(12)13)4-6(19(11,14)15)8(17-2)9(7)18-3/h4H,1-3H3,(H,12,13)(H2,11,14,15). The van der Waals surface area contributed by atoms with Gasteiger partial charge >= 0.3 is 5.97 Å². The Bertz CT molecular complexity index is 609. The first-order valence-electron chi connectivity index (χ1n) is 4.87. The average molecular weight is 291 g/mol. The molecule has 0 amide bonds. The van der Waals surface area contributed by atoms with Crippen molar-refractivity contribution in [3.8, 4) is 17.2 Å². The van der Waals surface area contributed by atoms with Gasteiger partial charge in [0.1, 0.15) is 10.5 Å². The van der Waals surface area contributed by atoms with Crippen molar-refractivity contribution in [1.29, 1.82) is 0 Å². The molecule has 0 atom stereocenters. The Balaban J connectivity index is 3.87.